The number of hydrogen-bond acceptors (Lipinski definition) is 3. The summed E-state index contributed by atoms with van der Waals surface area (Å²) in [7, 11) is 0. The molecule has 4 aliphatic carbocycles. The fourth-order valence-corrected chi connectivity index (χ4v) is 6.84. The van der Waals surface area contributed by atoms with Gasteiger partial charge in [0, 0.05) is 31.7 Å². The summed E-state index contributed by atoms with van der Waals surface area (Å²) in [5.41, 5.74) is -0.262. The van der Waals surface area contributed by atoms with Crippen LogP contribution in [0.1, 0.15) is 44.9 Å². The van der Waals surface area contributed by atoms with Gasteiger partial charge in [0.05, 0.1) is 5.60 Å². The predicted octanol–water partition coefficient (Wildman–Crippen LogP) is 2.55. The predicted molar refractivity (Wildman–Crippen MR) is 93.0 cm³/mol. The number of rotatable bonds is 1. The van der Waals surface area contributed by atoms with Gasteiger partial charge in [-0.05, 0) is 69.2 Å². The average molecular weight is 349 g/mol. The quantitative estimate of drug-likeness (QED) is 0.788. The summed E-state index contributed by atoms with van der Waals surface area (Å²) in [4.78, 5) is 5.57. The summed E-state index contributed by atoms with van der Waals surface area (Å²) < 4.78 is 0. The third-order valence-corrected chi connectivity index (χ3v) is 7.23. The SMILES string of the molecule is Cl.Cl.OC12CC3CC(C1)C(N1CCN4CCCC4C1)C(C3)C2. The highest BCUT2D eigenvalue weighted by molar-refractivity contribution is 5.85. The molecule has 3 unspecified atom stereocenters. The molecule has 6 fully saturated rings. The molecule has 22 heavy (non-hydrogen) atoms. The maximum atomic E-state index is 10.7. The zero-order chi connectivity index (χ0) is 13.3. The van der Waals surface area contributed by atoms with Crippen molar-refractivity contribution in [2.24, 2.45) is 17.8 Å². The van der Waals surface area contributed by atoms with Crippen molar-refractivity contribution in [3.63, 3.8) is 0 Å². The van der Waals surface area contributed by atoms with Crippen molar-refractivity contribution in [3.05, 3.63) is 0 Å². The third kappa shape index (κ3) is 2.61. The number of piperazine rings is 1. The van der Waals surface area contributed by atoms with Crippen LogP contribution in [0, 0.1) is 17.8 Å². The molecule has 0 radical (unpaired) electrons. The number of halogens is 2. The Morgan fingerprint density at radius 3 is 2.23 bits per heavy atom. The van der Waals surface area contributed by atoms with Crippen molar-refractivity contribution in [3.8, 4) is 0 Å². The Hall–Kier alpha value is 0.460. The van der Waals surface area contributed by atoms with Crippen LogP contribution in [0.3, 0.4) is 0 Å². The molecule has 4 bridgehead atoms. The van der Waals surface area contributed by atoms with Crippen LogP contribution in [0.5, 0.6) is 0 Å². The monoisotopic (exact) mass is 348 g/mol. The van der Waals surface area contributed by atoms with Gasteiger partial charge in [-0.1, -0.05) is 0 Å². The summed E-state index contributed by atoms with van der Waals surface area (Å²) in [6.07, 6.45) is 8.99. The van der Waals surface area contributed by atoms with E-state index in [1.54, 1.807) is 0 Å². The van der Waals surface area contributed by atoms with Crippen molar-refractivity contribution in [1.29, 1.82) is 0 Å². The Balaban J connectivity index is 0.000000720. The first kappa shape index (κ1) is 17.3. The molecule has 5 heteroatoms. The lowest BCUT2D eigenvalue weighted by Crippen LogP contribution is -2.64. The standard InChI is InChI=1S/C17H28N2O.2ClH/c20-17-8-12-6-13(9-17)16(14(7-12)10-17)19-5-4-18-3-1-2-15(18)11-19;;/h12-16,20H,1-11H2;2*1H. The Kier molecular flexibility index (Phi) is 4.77. The van der Waals surface area contributed by atoms with Gasteiger partial charge in [0.25, 0.3) is 0 Å². The minimum atomic E-state index is -0.262. The summed E-state index contributed by atoms with van der Waals surface area (Å²) >= 11 is 0. The van der Waals surface area contributed by atoms with Gasteiger partial charge in [-0.25, -0.2) is 0 Å². The van der Waals surface area contributed by atoms with E-state index in [0.717, 1.165) is 49.1 Å². The summed E-state index contributed by atoms with van der Waals surface area (Å²) in [5, 5.41) is 10.7. The Morgan fingerprint density at radius 1 is 0.864 bits per heavy atom. The first-order chi connectivity index (χ1) is 9.70. The Bertz CT molecular complexity index is 405. The Labute approximate surface area is 146 Å². The van der Waals surface area contributed by atoms with Gasteiger partial charge in [0.2, 0.25) is 0 Å². The molecule has 6 rings (SSSR count). The molecule has 2 heterocycles. The molecule has 3 nitrogen and oxygen atoms in total. The van der Waals surface area contributed by atoms with E-state index in [-0.39, 0.29) is 30.4 Å². The van der Waals surface area contributed by atoms with Gasteiger partial charge in [-0.15, -0.1) is 24.8 Å². The van der Waals surface area contributed by atoms with Crippen molar-refractivity contribution in [1.82, 2.24) is 9.80 Å². The summed E-state index contributed by atoms with van der Waals surface area (Å²) in [6, 6.07) is 1.67. The van der Waals surface area contributed by atoms with Crippen LogP contribution in [-0.4, -0.2) is 58.8 Å². The zero-order valence-corrected chi connectivity index (χ0v) is 15.0. The fourth-order valence-electron chi connectivity index (χ4n) is 6.84. The minimum absolute atomic E-state index is 0. The lowest BCUT2D eigenvalue weighted by atomic mass is 9.52. The number of aliphatic hydroxyl groups is 1. The molecule has 0 spiro atoms. The Morgan fingerprint density at radius 2 is 1.55 bits per heavy atom. The van der Waals surface area contributed by atoms with Crippen LogP contribution in [0.25, 0.3) is 0 Å². The second-order valence-corrected chi connectivity index (χ2v) is 8.51. The molecule has 128 valence electrons. The van der Waals surface area contributed by atoms with E-state index in [1.807, 2.05) is 0 Å². The molecule has 4 saturated carbocycles. The van der Waals surface area contributed by atoms with E-state index < -0.39 is 0 Å². The summed E-state index contributed by atoms with van der Waals surface area (Å²) in [5.74, 6) is 2.46. The highest BCUT2D eigenvalue weighted by Crippen LogP contribution is 2.57. The van der Waals surface area contributed by atoms with Crippen molar-refractivity contribution in [2.45, 2.75) is 62.6 Å². The minimum Gasteiger partial charge on any atom is -0.390 e. The van der Waals surface area contributed by atoms with Crippen molar-refractivity contribution in [2.75, 3.05) is 26.2 Å². The van der Waals surface area contributed by atoms with Gasteiger partial charge < -0.3 is 5.11 Å². The van der Waals surface area contributed by atoms with Crippen LogP contribution in [0.2, 0.25) is 0 Å². The normalized spacial score (nSPS) is 50.3. The van der Waals surface area contributed by atoms with Gasteiger partial charge in [-0.3, -0.25) is 9.80 Å². The average Bonchev–Trinajstić information content (AvgIpc) is 2.83. The molecule has 6 aliphatic rings. The largest absolute Gasteiger partial charge is 0.390 e. The van der Waals surface area contributed by atoms with Crippen LogP contribution in [0.4, 0.5) is 0 Å². The number of hydrogen-bond donors (Lipinski definition) is 1. The first-order valence-electron chi connectivity index (χ1n) is 8.91. The van der Waals surface area contributed by atoms with Gasteiger partial charge in [0.15, 0.2) is 0 Å². The fraction of sp³-hybridized carbons (Fsp3) is 1.00. The lowest BCUT2D eigenvalue weighted by Gasteiger charge is -2.61. The molecule has 0 aromatic rings. The molecule has 1 N–H and O–H groups in total. The molecule has 3 atom stereocenters. The topological polar surface area (TPSA) is 26.7 Å². The van der Waals surface area contributed by atoms with Crippen LogP contribution in [-0.2, 0) is 0 Å². The zero-order valence-electron chi connectivity index (χ0n) is 13.3. The van der Waals surface area contributed by atoms with E-state index in [9.17, 15) is 5.11 Å². The highest BCUT2D eigenvalue weighted by Gasteiger charge is 2.56. The van der Waals surface area contributed by atoms with Crippen molar-refractivity contribution < 1.29 is 5.11 Å². The van der Waals surface area contributed by atoms with Crippen molar-refractivity contribution >= 4 is 24.8 Å². The van der Waals surface area contributed by atoms with Crippen LogP contribution >= 0.6 is 24.8 Å². The smallest absolute Gasteiger partial charge is 0.0657 e. The molecule has 0 amide bonds. The third-order valence-electron chi connectivity index (χ3n) is 7.23. The van der Waals surface area contributed by atoms with E-state index in [1.165, 1.54) is 51.9 Å². The molecule has 0 aromatic carbocycles. The maximum absolute atomic E-state index is 10.7. The molecular weight excluding hydrogens is 319 g/mol. The molecular formula is C17H30Cl2N2O. The maximum Gasteiger partial charge on any atom is 0.0657 e. The first-order valence-corrected chi connectivity index (χ1v) is 8.91. The van der Waals surface area contributed by atoms with Gasteiger partial charge in [-0.2, -0.15) is 0 Å². The van der Waals surface area contributed by atoms with Gasteiger partial charge >= 0.3 is 0 Å². The van der Waals surface area contributed by atoms with Crippen LogP contribution < -0.4 is 0 Å². The molecule has 0 aromatic heterocycles. The number of nitrogens with zero attached hydrogens (tertiary/aromatic N) is 2. The second-order valence-electron chi connectivity index (χ2n) is 8.51. The van der Waals surface area contributed by atoms with E-state index in [0.29, 0.717) is 0 Å². The van der Waals surface area contributed by atoms with Gasteiger partial charge in [0.1, 0.15) is 0 Å². The highest BCUT2D eigenvalue weighted by atomic mass is 35.5. The van der Waals surface area contributed by atoms with Crippen LogP contribution in [0.15, 0.2) is 0 Å². The molecule has 2 saturated heterocycles. The van der Waals surface area contributed by atoms with E-state index >= 15 is 0 Å². The second kappa shape index (κ2) is 6.07. The summed E-state index contributed by atoms with van der Waals surface area (Å²) in [6.45, 7) is 5.25. The van der Waals surface area contributed by atoms with E-state index in [2.05, 4.69) is 9.80 Å². The molecule has 2 aliphatic heterocycles. The number of fused-ring (bicyclic) bond motifs is 1. The van der Waals surface area contributed by atoms with E-state index in [4.69, 9.17) is 0 Å². The lowest BCUT2D eigenvalue weighted by molar-refractivity contribution is -0.165.